The van der Waals surface area contributed by atoms with E-state index in [9.17, 15) is 4.79 Å². The second-order valence-electron chi connectivity index (χ2n) is 5.23. The highest BCUT2D eigenvalue weighted by molar-refractivity contribution is 7.98. The zero-order valence-electron chi connectivity index (χ0n) is 13.9. The minimum atomic E-state index is -0.141. The summed E-state index contributed by atoms with van der Waals surface area (Å²) in [5.41, 5.74) is 1.44. The fourth-order valence-electron chi connectivity index (χ4n) is 2.20. The predicted octanol–water partition coefficient (Wildman–Crippen LogP) is 3.45. The summed E-state index contributed by atoms with van der Waals surface area (Å²) in [6.07, 6.45) is 2.13. The van der Waals surface area contributed by atoms with Crippen LogP contribution in [0.1, 0.15) is 6.42 Å². The number of tetrazole rings is 1. The molecule has 0 bridgehead atoms. The lowest BCUT2D eigenvalue weighted by molar-refractivity contribution is -0.116. The number of hydrogen-bond acceptors (Lipinski definition) is 6. The Morgan fingerprint density at radius 3 is 2.85 bits per heavy atom. The summed E-state index contributed by atoms with van der Waals surface area (Å²) in [5.74, 6) is 0.533. The van der Waals surface area contributed by atoms with E-state index < -0.39 is 0 Å². The Morgan fingerprint density at radius 1 is 1.27 bits per heavy atom. The van der Waals surface area contributed by atoms with Gasteiger partial charge in [0.25, 0.3) is 0 Å². The summed E-state index contributed by atoms with van der Waals surface area (Å²) >= 11 is 7.26. The Hall–Kier alpha value is -2.58. The molecule has 134 valence electrons. The highest BCUT2D eigenvalue weighted by Crippen LogP contribution is 2.19. The fourth-order valence-corrected chi connectivity index (χ4v) is 2.76. The molecule has 7 nitrogen and oxygen atoms in total. The van der Waals surface area contributed by atoms with Crippen molar-refractivity contribution < 1.29 is 9.53 Å². The van der Waals surface area contributed by atoms with E-state index in [1.165, 1.54) is 11.8 Å². The van der Waals surface area contributed by atoms with Gasteiger partial charge in [-0.25, -0.2) is 0 Å². The number of anilines is 1. The summed E-state index contributed by atoms with van der Waals surface area (Å²) < 4.78 is 7.14. The molecule has 0 saturated carbocycles. The van der Waals surface area contributed by atoms with Gasteiger partial charge in [0.2, 0.25) is 11.1 Å². The number of thioether (sulfide) groups is 1. The molecule has 0 radical (unpaired) electrons. The first kappa shape index (κ1) is 18.2. The predicted molar refractivity (Wildman–Crippen MR) is 101 cm³/mol. The van der Waals surface area contributed by atoms with Gasteiger partial charge in [0.05, 0.1) is 18.7 Å². The number of nitrogens with zero attached hydrogens (tertiary/aromatic N) is 4. The standard InChI is InChI=1S/C17H16ClN5O2S/c1-26-17-20-21-22-23(17)14-4-2-3-13(11-14)19-16(24)9-10-25-15-7-5-12(18)6-8-15/h2-8,11H,9-10H2,1H3,(H,19,24). The number of aromatic nitrogens is 4. The fraction of sp³-hybridized carbons (Fsp3) is 0.176. The van der Waals surface area contributed by atoms with E-state index in [0.29, 0.717) is 21.6 Å². The molecule has 0 spiro atoms. The van der Waals surface area contributed by atoms with Crippen molar-refractivity contribution >= 4 is 35.0 Å². The zero-order chi connectivity index (χ0) is 18.4. The smallest absolute Gasteiger partial charge is 0.227 e. The molecule has 3 aromatic rings. The van der Waals surface area contributed by atoms with Crippen molar-refractivity contribution in [2.24, 2.45) is 0 Å². The van der Waals surface area contributed by atoms with Gasteiger partial charge < -0.3 is 10.1 Å². The molecule has 0 aliphatic rings. The van der Waals surface area contributed by atoms with Crippen LogP contribution in [0.15, 0.2) is 53.7 Å². The van der Waals surface area contributed by atoms with Crippen LogP contribution < -0.4 is 10.1 Å². The summed E-state index contributed by atoms with van der Waals surface area (Å²) in [5, 5.41) is 15.7. The summed E-state index contributed by atoms with van der Waals surface area (Å²) in [6.45, 7) is 0.275. The molecule has 0 aliphatic heterocycles. The Labute approximate surface area is 159 Å². The van der Waals surface area contributed by atoms with Crippen LogP contribution in [0.5, 0.6) is 5.75 Å². The monoisotopic (exact) mass is 389 g/mol. The molecule has 0 aliphatic carbocycles. The maximum absolute atomic E-state index is 12.1. The first-order chi connectivity index (χ1) is 12.7. The SMILES string of the molecule is CSc1nnnn1-c1cccc(NC(=O)CCOc2ccc(Cl)cc2)c1. The minimum absolute atomic E-state index is 0.141. The van der Waals surface area contributed by atoms with Crippen LogP contribution in [-0.2, 0) is 4.79 Å². The second-order valence-corrected chi connectivity index (χ2v) is 6.44. The third-order valence-electron chi connectivity index (χ3n) is 3.41. The molecule has 2 aromatic carbocycles. The van der Waals surface area contributed by atoms with E-state index in [0.717, 1.165) is 5.69 Å². The first-order valence-electron chi connectivity index (χ1n) is 7.77. The molecule has 1 amide bonds. The summed E-state index contributed by atoms with van der Waals surface area (Å²) in [4.78, 5) is 12.1. The van der Waals surface area contributed by atoms with Crippen molar-refractivity contribution in [3.05, 3.63) is 53.6 Å². The maximum Gasteiger partial charge on any atom is 0.227 e. The topological polar surface area (TPSA) is 81.9 Å². The molecule has 0 atom stereocenters. The van der Waals surface area contributed by atoms with Crippen LogP contribution in [-0.4, -0.2) is 39.0 Å². The minimum Gasteiger partial charge on any atom is -0.493 e. The van der Waals surface area contributed by atoms with E-state index in [-0.39, 0.29) is 18.9 Å². The lowest BCUT2D eigenvalue weighted by atomic mass is 10.2. The van der Waals surface area contributed by atoms with Crippen LogP contribution in [0, 0.1) is 0 Å². The average molecular weight is 390 g/mol. The Kier molecular flexibility index (Phi) is 6.08. The quantitative estimate of drug-likeness (QED) is 0.623. The van der Waals surface area contributed by atoms with Crippen molar-refractivity contribution in [2.45, 2.75) is 11.6 Å². The largest absolute Gasteiger partial charge is 0.493 e. The number of halogens is 1. The molecule has 26 heavy (non-hydrogen) atoms. The molecule has 1 aromatic heterocycles. The van der Waals surface area contributed by atoms with Gasteiger partial charge in [0.1, 0.15) is 5.75 Å². The molecule has 0 unspecified atom stereocenters. The first-order valence-corrected chi connectivity index (χ1v) is 9.37. The van der Waals surface area contributed by atoms with Gasteiger partial charge in [-0.1, -0.05) is 29.4 Å². The molecule has 0 saturated heterocycles. The van der Waals surface area contributed by atoms with Crippen molar-refractivity contribution in [1.29, 1.82) is 0 Å². The summed E-state index contributed by atoms with van der Waals surface area (Å²) in [7, 11) is 0. The molecular formula is C17H16ClN5O2S. The van der Waals surface area contributed by atoms with Crippen LogP contribution in [0.3, 0.4) is 0 Å². The number of hydrogen-bond donors (Lipinski definition) is 1. The second kappa shape index (κ2) is 8.68. The van der Waals surface area contributed by atoms with Gasteiger partial charge in [-0.05, 0) is 59.1 Å². The number of rotatable bonds is 7. The Bertz CT molecular complexity index is 885. The molecule has 0 fully saturated rings. The number of carbonyl (C=O) groups excluding carboxylic acids is 1. The third-order valence-corrected chi connectivity index (χ3v) is 4.28. The normalized spacial score (nSPS) is 10.5. The number of carbonyl (C=O) groups is 1. The molecule has 3 rings (SSSR count). The number of amides is 1. The van der Waals surface area contributed by atoms with Crippen molar-refractivity contribution in [2.75, 3.05) is 18.2 Å². The van der Waals surface area contributed by atoms with E-state index in [2.05, 4.69) is 20.8 Å². The van der Waals surface area contributed by atoms with Crippen molar-refractivity contribution in [3.63, 3.8) is 0 Å². The number of benzene rings is 2. The maximum atomic E-state index is 12.1. The third kappa shape index (κ3) is 4.74. The number of nitrogens with one attached hydrogen (secondary N) is 1. The highest BCUT2D eigenvalue weighted by atomic mass is 35.5. The van der Waals surface area contributed by atoms with E-state index >= 15 is 0 Å². The molecule has 9 heteroatoms. The van der Waals surface area contributed by atoms with E-state index in [1.807, 2.05) is 30.5 Å². The highest BCUT2D eigenvalue weighted by Gasteiger charge is 2.09. The number of ether oxygens (including phenoxy) is 1. The molecule has 1 N–H and O–H groups in total. The van der Waals surface area contributed by atoms with Crippen molar-refractivity contribution in [1.82, 2.24) is 20.2 Å². The lowest BCUT2D eigenvalue weighted by Gasteiger charge is -2.09. The van der Waals surface area contributed by atoms with Gasteiger partial charge in [-0.2, -0.15) is 4.68 Å². The van der Waals surface area contributed by atoms with Crippen LogP contribution in [0.4, 0.5) is 5.69 Å². The van der Waals surface area contributed by atoms with E-state index in [1.54, 1.807) is 28.9 Å². The van der Waals surface area contributed by atoms with Gasteiger partial charge in [0.15, 0.2) is 0 Å². The van der Waals surface area contributed by atoms with E-state index in [4.69, 9.17) is 16.3 Å². The van der Waals surface area contributed by atoms with Gasteiger partial charge in [-0.15, -0.1) is 5.10 Å². The Morgan fingerprint density at radius 2 is 2.08 bits per heavy atom. The van der Waals surface area contributed by atoms with Crippen LogP contribution >= 0.6 is 23.4 Å². The lowest BCUT2D eigenvalue weighted by Crippen LogP contribution is -2.15. The van der Waals surface area contributed by atoms with Crippen LogP contribution in [0.2, 0.25) is 5.02 Å². The molecular weight excluding hydrogens is 374 g/mol. The van der Waals surface area contributed by atoms with Gasteiger partial charge in [-0.3, -0.25) is 4.79 Å². The van der Waals surface area contributed by atoms with Crippen LogP contribution in [0.25, 0.3) is 5.69 Å². The zero-order valence-corrected chi connectivity index (χ0v) is 15.5. The summed E-state index contributed by atoms with van der Waals surface area (Å²) in [6, 6.07) is 14.3. The van der Waals surface area contributed by atoms with Gasteiger partial charge in [0, 0.05) is 10.7 Å². The Balaban J connectivity index is 1.56. The van der Waals surface area contributed by atoms with Gasteiger partial charge >= 0.3 is 0 Å². The molecule has 1 heterocycles. The average Bonchev–Trinajstić information content (AvgIpc) is 3.12. The van der Waals surface area contributed by atoms with Crippen molar-refractivity contribution in [3.8, 4) is 11.4 Å².